The molecule has 0 aliphatic carbocycles. The van der Waals surface area contributed by atoms with Crippen LogP contribution >= 0.6 is 0 Å². The highest BCUT2D eigenvalue weighted by Crippen LogP contribution is 2.31. The van der Waals surface area contributed by atoms with E-state index in [4.69, 9.17) is 5.26 Å². The van der Waals surface area contributed by atoms with E-state index in [1.165, 1.54) is 0 Å². The average molecular weight is 214 g/mol. The fourth-order valence-corrected chi connectivity index (χ4v) is 2.12. The molecule has 3 heteroatoms. The van der Waals surface area contributed by atoms with Gasteiger partial charge in [0.25, 0.3) is 0 Å². The molecule has 0 amide bonds. The van der Waals surface area contributed by atoms with E-state index in [-0.39, 0.29) is 5.78 Å². The molecule has 1 aromatic carbocycles. The predicted octanol–water partition coefficient (Wildman–Crippen LogP) is 2.12. The highest BCUT2D eigenvalue weighted by molar-refractivity contribution is 5.94. The van der Waals surface area contributed by atoms with Crippen LogP contribution in [-0.4, -0.2) is 17.9 Å². The second-order valence-corrected chi connectivity index (χ2v) is 4.54. The van der Waals surface area contributed by atoms with E-state index in [1.54, 1.807) is 12.1 Å². The van der Waals surface area contributed by atoms with E-state index in [0.29, 0.717) is 12.0 Å². The van der Waals surface area contributed by atoms with Crippen molar-refractivity contribution < 1.29 is 4.79 Å². The van der Waals surface area contributed by atoms with Gasteiger partial charge < -0.3 is 4.90 Å². The molecule has 0 saturated carbocycles. The molecule has 2 rings (SSSR count). The van der Waals surface area contributed by atoms with Gasteiger partial charge in [0.2, 0.25) is 0 Å². The summed E-state index contributed by atoms with van der Waals surface area (Å²) in [5.74, 6) is 0.275. The number of anilines is 1. The van der Waals surface area contributed by atoms with Crippen LogP contribution in [0.3, 0.4) is 0 Å². The van der Waals surface area contributed by atoms with Gasteiger partial charge in [-0.3, -0.25) is 4.79 Å². The summed E-state index contributed by atoms with van der Waals surface area (Å²) in [7, 11) is 0. The van der Waals surface area contributed by atoms with Crippen molar-refractivity contribution in [2.45, 2.75) is 25.8 Å². The maximum Gasteiger partial charge on any atom is 0.159 e. The highest BCUT2D eigenvalue weighted by Gasteiger charge is 2.39. The standard InChI is InChI=1S/C13H14N2O/c1-13(2)12(16)7-8-15(13)11-5-3-10(9-14)4-6-11/h3-6H,7-8H2,1-2H3. The number of carbonyl (C=O) groups excluding carboxylic acids is 1. The maximum atomic E-state index is 11.7. The second-order valence-electron chi connectivity index (χ2n) is 4.54. The lowest BCUT2D eigenvalue weighted by atomic mass is 10.00. The monoisotopic (exact) mass is 214 g/mol. The number of hydrogen-bond donors (Lipinski definition) is 0. The van der Waals surface area contributed by atoms with Gasteiger partial charge >= 0.3 is 0 Å². The van der Waals surface area contributed by atoms with Crippen molar-refractivity contribution in [3.8, 4) is 6.07 Å². The van der Waals surface area contributed by atoms with Crippen LogP contribution in [0.15, 0.2) is 24.3 Å². The van der Waals surface area contributed by atoms with Crippen LogP contribution in [0.2, 0.25) is 0 Å². The van der Waals surface area contributed by atoms with Crippen LogP contribution in [0.4, 0.5) is 5.69 Å². The summed E-state index contributed by atoms with van der Waals surface area (Å²) in [4.78, 5) is 13.8. The van der Waals surface area contributed by atoms with Gasteiger partial charge in [-0.2, -0.15) is 5.26 Å². The number of benzene rings is 1. The zero-order valence-electron chi connectivity index (χ0n) is 9.53. The fraction of sp³-hybridized carbons (Fsp3) is 0.385. The molecule has 0 spiro atoms. The summed E-state index contributed by atoms with van der Waals surface area (Å²) >= 11 is 0. The van der Waals surface area contributed by atoms with E-state index in [2.05, 4.69) is 11.0 Å². The van der Waals surface area contributed by atoms with Gasteiger partial charge in [-0.05, 0) is 38.1 Å². The fourth-order valence-electron chi connectivity index (χ4n) is 2.12. The predicted molar refractivity (Wildman–Crippen MR) is 62.2 cm³/mol. The molecule has 1 fully saturated rings. The zero-order valence-corrected chi connectivity index (χ0v) is 9.53. The Labute approximate surface area is 95.3 Å². The van der Waals surface area contributed by atoms with Crippen LogP contribution in [0.1, 0.15) is 25.8 Å². The molecule has 1 aliphatic heterocycles. The number of nitriles is 1. The summed E-state index contributed by atoms with van der Waals surface area (Å²) in [5.41, 5.74) is 1.23. The first-order valence-corrected chi connectivity index (χ1v) is 5.37. The van der Waals surface area contributed by atoms with Crippen molar-refractivity contribution in [3.05, 3.63) is 29.8 Å². The van der Waals surface area contributed by atoms with Gasteiger partial charge in [-0.15, -0.1) is 0 Å². The van der Waals surface area contributed by atoms with Gasteiger partial charge in [0.1, 0.15) is 0 Å². The molecule has 0 bridgehead atoms. The Kier molecular flexibility index (Phi) is 2.43. The summed E-state index contributed by atoms with van der Waals surface area (Å²) in [5, 5.41) is 8.72. The number of hydrogen-bond acceptors (Lipinski definition) is 3. The Balaban J connectivity index is 2.32. The Morgan fingerprint density at radius 1 is 1.31 bits per heavy atom. The van der Waals surface area contributed by atoms with Crippen LogP contribution in [0.5, 0.6) is 0 Å². The zero-order chi connectivity index (χ0) is 11.8. The van der Waals surface area contributed by atoms with Gasteiger partial charge in [0, 0.05) is 18.7 Å². The van der Waals surface area contributed by atoms with E-state index in [1.807, 2.05) is 26.0 Å². The largest absolute Gasteiger partial charge is 0.359 e. The third kappa shape index (κ3) is 1.57. The Hall–Kier alpha value is -1.82. The molecule has 0 unspecified atom stereocenters. The second kappa shape index (κ2) is 3.64. The van der Waals surface area contributed by atoms with Crippen LogP contribution in [-0.2, 0) is 4.79 Å². The summed E-state index contributed by atoms with van der Waals surface area (Å²) in [6.07, 6.45) is 0.604. The molecular weight excluding hydrogens is 200 g/mol. The van der Waals surface area contributed by atoms with E-state index in [9.17, 15) is 4.79 Å². The number of nitrogens with zero attached hydrogens (tertiary/aromatic N) is 2. The molecule has 0 radical (unpaired) electrons. The Bertz CT molecular complexity index is 454. The third-order valence-corrected chi connectivity index (χ3v) is 3.23. The normalized spacial score (nSPS) is 18.6. The van der Waals surface area contributed by atoms with Crippen LogP contribution in [0.25, 0.3) is 0 Å². The minimum atomic E-state index is -0.422. The number of rotatable bonds is 1. The highest BCUT2D eigenvalue weighted by atomic mass is 16.1. The molecule has 82 valence electrons. The Morgan fingerprint density at radius 2 is 1.94 bits per heavy atom. The van der Waals surface area contributed by atoms with Gasteiger partial charge in [-0.25, -0.2) is 0 Å². The molecule has 16 heavy (non-hydrogen) atoms. The first kappa shape index (κ1) is 10.7. The molecule has 3 nitrogen and oxygen atoms in total. The van der Waals surface area contributed by atoms with E-state index < -0.39 is 5.54 Å². The van der Waals surface area contributed by atoms with Gasteiger partial charge in [-0.1, -0.05) is 0 Å². The molecule has 1 aliphatic rings. The number of carbonyl (C=O) groups is 1. The van der Waals surface area contributed by atoms with Crippen LogP contribution < -0.4 is 4.90 Å². The molecular formula is C13H14N2O. The number of Topliss-reactive ketones (excluding diaryl/α,β-unsaturated/α-hetero) is 1. The smallest absolute Gasteiger partial charge is 0.159 e. The quantitative estimate of drug-likeness (QED) is 0.719. The maximum absolute atomic E-state index is 11.7. The summed E-state index contributed by atoms with van der Waals surface area (Å²) < 4.78 is 0. The Morgan fingerprint density at radius 3 is 2.38 bits per heavy atom. The lowest BCUT2D eigenvalue weighted by Gasteiger charge is -2.32. The first-order chi connectivity index (χ1) is 7.55. The van der Waals surface area contributed by atoms with Crippen molar-refractivity contribution in [3.63, 3.8) is 0 Å². The SMILES string of the molecule is CC1(C)C(=O)CCN1c1ccc(C#N)cc1. The third-order valence-electron chi connectivity index (χ3n) is 3.23. The van der Waals surface area contributed by atoms with Crippen molar-refractivity contribution >= 4 is 11.5 Å². The van der Waals surface area contributed by atoms with E-state index in [0.717, 1.165) is 12.2 Å². The summed E-state index contributed by atoms with van der Waals surface area (Å²) in [6.45, 7) is 4.65. The minimum absolute atomic E-state index is 0.275. The minimum Gasteiger partial charge on any atom is -0.359 e. The molecule has 1 aromatic rings. The molecule has 1 saturated heterocycles. The summed E-state index contributed by atoms with van der Waals surface area (Å²) in [6, 6.07) is 9.46. The van der Waals surface area contributed by atoms with Gasteiger partial charge in [0.15, 0.2) is 5.78 Å². The van der Waals surface area contributed by atoms with Crippen molar-refractivity contribution in [1.29, 1.82) is 5.26 Å². The lowest BCUT2D eigenvalue weighted by molar-refractivity contribution is -0.120. The molecule has 0 atom stereocenters. The van der Waals surface area contributed by atoms with Crippen LogP contribution in [0, 0.1) is 11.3 Å². The topological polar surface area (TPSA) is 44.1 Å². The lowest BCUT2D eigenvalue weighted by Crippen LogP contribution is -2.42. The van der Waals surface area contributed by atoms with Crippen molar-refractivity contribution in [2.24, 2.45) is 0 Å². The van der Waals surface area contributed by atoms with Gasteiger partial charge in [0.05, 0.1) is 17.2 Å². The molecule has 0 N–H and O–H groups in total. The van der Waals surface area contributed by atoms with Crippen molar-refractivity contribution in [2.75, 3.05) is 11.4 Å². The molecule has 0 aromatic heterocycles. The number of ketones is 1. The van der Waals surface area contributed by atoms with Crippen molar-refractivity contribution in [1.82, 2.24) is 0 Å². The average Bonchev–Trinajstić information content (AvgIpc) is 2.54. The van der Waals surface area contributed by atoms with E-state index >= 15 is 0 Å². The molecule has 1 heterocycles. The first-order valence-electron chi connectivity index (χ1n) is 5.37.